The molecule has 0 aliphatic carbocycles. The average Bonchev–Trinajstić information content (AvgIpc) is 2.85. The highest BCUT2D eigenvalue weighted by atomic mass is 32.2. The van der Waals surface area contributed by atoms with E-state index in [1.54, 1.807) is 12.4 Å². The molecule has 0 spiro atoms. The number of hydrogen-bond acceptors (Lipinski definition) is 6. The molecule has 20 heavy (non-hydrogen) atoms. The van der Waals surface area contributed by atoms with E-state index in [9.17, 15) is 8.42 Å². The molecule has 0 radical (unpaired) electrons. The molecule has 1 aromatic carbocycles. The molecule has 1 aliphatic rings. The van der Waals surface area contributed by atoms with E-state index in [0.29, 0.717) is 24.5 Å². The fraction of sp³-hybridized carbons (Fsp3) is 0.273. The molecule has 0 bridgehead atoms. The van der Waals surface area contributed by atoms with Crippen molar-refractivity contribution < 1.29 is 8.42 Å². The number of hydrogen-bond donors (Lipinski definition) is 2. The van der Waals surface area contributed by atoms with Gasteiger partial charge in [-0.05, 0) is 18.2 Å². The van der Waals surface area contributed by atoms with Gasteiger partial charge in [-0.25, -0.2) is 13.6 Å². The Kier molecular flexibility index (Phi) is 2.87. The monoisotopic (exact) mass is 294 g/mol. The number of nitrogen functional groups attached to an aromatic ring is 1. The van der Waals surface area contributed by atoms with E-state index < -0.39 is 10.0 Å². The predicted octanol–water partition coefficient (Wildman–Crippen LogP) is -0.472. The van der Waals surface area contributed by atoms with Gasteiger partial charge in [0, 0.05) is 13.1 Å². The van der Waals surface area contributed by atoms with Crippen molar-refractivity contribution in [2.45, 2.75) is 18.0 Å². The molecule has 1 aromatic heterocycles. The van der Waals surface area contributed by atoms with Crippen molar-refractivity contribution in [1.82, 2.24) is 14.8 Å². The minimum Gasteiger partial charge on any atom is -0.397 e. The van der Waals surface area contributed by atoms with Crippen molar-refractivity contribution in [3.8, 4) is 0 Å². The van der Waals surface area contributed by atoms with Crippen molar-refractivity contribution >= 4 is 21.4 Å². The number of anilines is 2. The minimum absolute atomic E-state index is 0.0498. The van der Waals surface area contributed by atoms with Crippen molar-refractivity contribution in [3.05, 3.63) is 30.4 Å². The Balaban J connectivity index is 1.99. The standard InChI is InChI=1S/C11H14N6O2S/c12-9-2-1-8(20(13,18)19)5-10(9)16-3-4-17-7-14-15-11(17)6-16/h1-2,5,7H,3-4,6,12H2,(H2,13,18,19). The van der Waals surface area contributed by atoms with E-state index in [4.69, 9.17) is 10.9 Å². The molecule has 2 aromatic rings. The van der Waals surface area contributed by atoms with Gasteiger partial charge in [0.05, 0.1) is 22.8 Å². The maximum Gasteiger partial charge on any atom is 0.238 e. The van der Waals surface area contributed by atoms with Gasteiger partial charge in [-0.1, -0.05) is 0 Å². The molecule has 0 saturated heterocycles. The maximum atomic E-state index is 11.4. The Hall–Kier alpha value is -2.13. The molecule has 0 fully saturated rings. The third kappa shape index (κ3) is 2.21. The lowest BCUT2D eigenvalue weighted by Crippen LogP contribution is -2.34. The summed E-state index contributed by atoms with van der Waals surface area (Å²) in [5.74, 6) is 0.816. The molecule has 0 saturated carbocycles. The van der Waals surface area contributed by atoms with Crippen LogP contribution in [0.15, 0.2) is 29.4 Å². The van der Waals surface area contributed by atoms with E-state index >= 15 is 0 Å². The Labute approximate surface area is 116 Å². The number of aromatic nitrogens is 3. The van der Waals surface area contributed by atoms with Gasteiger partial charge in [0.15, 0.2) is 5.82 Å². The third-order valence-electron chi connectivity index (χ3n) is 3.31. The summed E-state index contributed by atoms with van der Waals surface area (Å²) in [4.78, 5) is 2.02. The summed E-state index contributed by atoms with van der Waals surface area (Å²) in [6.07, 6.45) is 1.68. The number of sulfonamides is 1. The van der Waals surface area contributed by atoms with Crippen LogP contribution in [0.25, 0.3) is 0 Å². The molecular formula is C11H14N6O2S. The molecule has 0 atom stereocenters. The SMILES string of the molecule is Nc1ccc(S(N)(=O)=O)cc1N1CCn2cnnc2C1. The van der Waals surface area contributed by atoms with Crippen LogP contribution in [0.1, 0.15) is 5.82 Å². The van der Waals surface area contributed by atoms with E-state index in [2.05, 4.69) is 10.2 Å². The molecule has 0 unspecified atom stereocenters. The lowest BCUT2D eigenvalue weighted by Gasteiger charge is -2.30. The van der Waals surface area contributed by atoms with Gasteiger partial charge in [0.2, 0.25) is 10.0 Å². The van der Waals surface area contributed by atoms with Gasteiger partial charge < -0.3 is 15.2 Å². The lowest BCUT2D eigenvalue weighted by molar-refractivity contribution is 0.560. The average molecular weight is 294 g/mol. The zero-order chi connectivity index (χ0) is 14.3. The molecule has 0 amide bonds. The van der Waals surface area contributed by atoms with Gasteiger partial charge >= 0.3 is 0 Å². The van der Waals surface area contributed by atoms with Gasteiger partial charge in [0.1, 0.15) is 6.33 Å². The summed E-state index contributed by atoms with van der Waals surface area (Å²) in [5, 5.41) is 13.0. The van der Waals surface area contributed by atoms with Crippen molar-refractivity contribution in [2.24, 2.45) is 5.14 Å². The molecule has 106 valence electrons. The highest BCUT2D eigenvalue weighted by Gasteiger charge is 2.21. The predicted molar refractivity (Wildman–Crippen MR) is 73.3 cm³/mol. The maximum absolute atomic E-state index is 11.4. The topological polar surface area (TPSA) is 120 Å². The minimum atomic E-state index is -3.75. The molecule has 3 rings (SSSR count). The second-order valence-corrected chi connectivity index (χ2v) is 6.19. The largest absolute Gasteiger partial charge is 0.397 e. The first-order valence-corrected chi connectivity index (χ1v) is 7.54. The highest BCUT2D eigenvalue weighted by molar-refractivity contribution is 7.89. The van der Waals surface area contributed by atoms with Gasteiger partial charge in [-0.2, -0.15) is 0 Å². The zero-order valence-electron chi connectivity index (χ0n) is 10.6. The Morgan fingerprint density at radius 1 is 1.25 bits per heavy atom. The third-order valence-corrected chi connectivity index (χ3v) is 4.22. The Morgan fingerprint density at radius 3 is 2.80 bits per heavy atom. The summed E-state index contributed by atoms with van der Waals surface area (Å²) in [5.41, 5.74) is 7.09. The van der Waals surface area contributed by atoms with E-state index in [-0.39, 0.29) is 4.90 Å². The smallest absolute Gasteiger partial charge is 0.238 e. The fourth-order valence-corrected chi connectivity index (χ4v) is 2.78. The van der Waals surface area contributed by atoms with Crippen LogP contribution >= 0.6 is 0 Å². The number of benzene rings is 1. The van der Waals surface area contributed by atoms with Crippen molar-refractivity contribution in [3.63, 3.8) is 0 Å². The van der Waals surface area contributed by atoms with E-state index in [1.165, 1.54) is 12.1 Å². The summed E-state index contributed by atoms with van der Waals surface area (Å²) >= 11 is 0. The quantitative estimate of drug-likeness (QED) is 0.722. The van der Waals surface area contributed by atoms with E-state index in [1.807, 2.05) is 9.47 Å². The molecule has 2 heterocycles. The lowest BCUT2D eigenvalue weighted by atomic mass is 10.2. The van der Waals surface area contributed by atoms with Crippen LogP contribution in [0.4, 0.5) is 11.4 Å². The first kappa shape index (κ1) is 12.9. The summed E-state index contributed by atoms with van der Waals surface area (Å²) in [7, 11) is -3.75. The van der Waals surface area contributed by atoms with Crippen molar-refractivity contribution in [1.29, 1.82) is 0 Å². The molecule has 1 aliphatic heterocycles. The normalized spacial score (nSPS) is 15.2. The summed E-state index contributed by atoms with van der Waals surface area (Å²) in [6, 6.07) is 4.45. The summed E-state index contributed by atoms with van der Waals surface area (Å²) in [6.45, 7) is 1.95. The van der Waals surface area contributed by atoms with Crippen LogP contribution in [0.3, 0.4) is 0 Å². The number of fused-ring (bicyclic) bond motifs is 1. The van der Waals surface area contributed by atoms with Gasteiger partial charge in [0.25, 0.3) is 0 Å². The first-order valence-electron chi connectivity index (χ1n) is 5.99. The molecule has 8 nitrogen and oxygen atoms in total. The molecule has 9 heteroatoms. The van der Waals surface area contributed by atoms with Gasteiger partial charge in [-0.3, -0.25) is 0 Å². The van der Waals surface area contributed by atoms with E-state index in [0.717, 1.165) is 12.4 Å². The van der Waals surface area contributed by atoms with Crippen LogP contribution in [0.2, 0.25) is 0 Å². The highest BCUT2D eigenvalue weighted by Crippen LogP contribution is 2.28. The van der Waals surface area contributed by atoms with Crippen LogP contribution < -0.4 is 15.8 Å². The Bertz CT molecular complexity index is 754. The van der Waals surface area contributed by atoms with Crippen LogP contribution in [-0.4, -0.2) is 29.7 Å². The van der Waals surface area contributed by atoms with Gasteiger partial charge in [-0.15, -0.1) is 10.2 Å². The zero-order valence-corrected chi connectivity index (χ0v) is 11.4. The first-order chi connectivity index (χ1) is 9.45. The number of primary sulfonamides is 1. The van der Waals surface area contributed by atoms with Crippen LogP contribution in [0, 0.1) is 0 Å². The fourth-order valence-electron chi connectivity index (χ4n) is 2.25. The Morgan fingerprint density at radius 2 is 2.05 bits per heavy atom. The number of nitrogens with two attached hydrogens (primary N) is 2. The molecular weight excluding hydrogens is 280 g/mol. The van der Waals surface area contributed by atoms with Crippen molar-refractivity contribution in [2.75, 3.05) is 17.2 Å². The summed E-state index contributed by atoms with van der Waals surface area (Å²) < 4.78 is 24.8. The number of rotatable bonds is 2. The second kappa shape index (κ2) is 4.46. The van der Waals surface area contributed by atoms with Crippen LogP contribution in [-0.2, 0) is 23.1 Å². The molecule has 4 N–H and O–H groups in total. The second-order valence-electron chi connectivity index (χ2n) is 4.63. The number of nitrogens with zero attached hydrogens (tertiary/aromatic N) is 4. The van der Waals surface area contributed by atoms with Crippen LogP contribution in [0.5, 0.6) is 0 Å².